The van der Waals surface area contributed by atoms with Gasteiger partial charge in [0, 0.05) is 19.3 Å². The molecule has 3 heterocycles. The number of hydrogen-bond acceptors (Lipinski definition) is 4. The average molecular weight is 386 g/mol. The van der Waals surface area contributed by atoms with Crippen molar-refractivity contribution < 1.29 is 18.0 Å². The molecule has 0 bridgehead atoms. The van der Waals surface area contributed by atoms with E-state index in [1.54, 1.807) is 0 Å². The van der Waals surface area contributed by atoms with Crippen molar-refractivity contribution in [3.8, 4) is 5.82 Å². The standard InChI is InChI=1S/C16H15ClF3N5O/c17-12-2-1-5-22-14(12)25-13(16(18,19)20)11(9-24-25)15(26)23-8-10-3-6-21-7-4-10/h1-3,5,9,21H,4,6-8H2,(H,23,26). The molecule has 0 saturated heterocycles. The Bertz CT molecular complexity index is 847. The first-order chi connectivity index (χ1) is 12.4. The van der Waals surface area contributed by atoms with Crippen LogP contribution in [-0.2, 0) is 6.18 Å². The zero-order valence-electron chi connectivity index (χ0n) is 13.5. The maximum atomic E-state index is 13.6. The average Bonchev–Trinajstić information content (AvgIpc) is 3.06. The molecule has 2 aromatic heterocycles. The van der Waals surface area contributed by atoms with Crippen molar-refractivity contribution in [2.24, 2.45) is 0 Å². The number of carbonyl (C=O) groups excluding carboxylic acids is 1. The molecule has 10 heteroatoms. The van der Waals surface area contributed by atoms with Crippen LogP contribution in [0.5, 0.6) is 0 Å². The van der Waals surface area contributed by atoms with Crippen LogP contribution < -0.4 is 10.6 Å². The number of nitrogens with zero attached hydrogens (tertiary/aromatic N) is 3. The molecule has 2 N–H and O–H groups in total. The summed E-state index contributed by atoms with van der Waals surface area (Å²) in [6.45, 7) is 1.63. The number of rotatable bonds is 4. The lowest BCUT2D eigenvalue weighted by Gasteiger charge is -2.15. The number of amides is 1. The predicted molar refractivity (Wildman–Crippen MR) is 89.3 cm³/mol. The number of aromatic nitrogens is 3. The summed E-state index contributed by atoms with van der Waals surface area (Å²) >= 11 is 5.93. The van der Waals surface area contributed by atoms with Crippen LogP contribution in [0.15, 0.2) is 36.2 Å². The first-order valence-electron chi connectivity index (χ1n) is 7.81. The number of alkyl halides is 3. The summed E-state index contributed by atoms with van der Waals surface area (Å²) in [7, 11) is 0. The van der Waals surface area contributed by atoms with Gasteiger partial charge in [-0.25, -0.2) is 9.67 Å². The van der Waals surface area contributed by atoms with Gasteiger partial charge in [0.25, 0.3) is 5.91 Å². The minimum atomic E-state index is -4.81. The zero-order chi connectivity index (χ0) is 18.7. The van der Waals surface area contributed by atoms with Gasteiger partial charge in [0.15, 0.2) is 11.5 Å². The van der Waals surface area contributed by atoms with E-state index in [4.69, 9.17) is 11.6 Å². The summed E-state index contributed by atoms with van der Waals surface area (Å²) < 4.78 is 41.3. The van der Waals surface area contributed by atoms with Crippen LogP contribution in [0, 0.1) is 0 Å². The highest BCUT2D eigenvalue weighted by Crippen LogP contribution is 2.34. The van der Waals surface area contributed by atoms with E-state index in [1.165, 1.54) is 18.3 Å². The van der Waals surface area contributed by atoms with Crippen molar-refractivity contribution in [2.45, 2.75) is 12.6 Å². The van der Waals surface area contributed by atoms with Crippen molar-refractivity contribution in [3.05, 3.63) is 52.5 Å². The van der Waals surface area contributed by atoms with Gasteiger partial charge in [-0.3, -0.25) is 4.79 Å². The molecule has 0 aliphatic carbocycles. The highest BCUT2D eigenvalue weighted by Gasteiger charge is 2.41. The van der Waals surface area contributed by atoms with Crippen LogP contribution in [-0.4, -0.2) is 40.3 Å². The molecule has 0 spiro atoms. The quantitative estimate of drug-likeness (QED) is 0.794. The number of carbonyl (C=O) groups is 1. The minimum Gasteiger partial charge on any atom is -0.348 e. The third-order valence-electron chi connectivity index (χ3n) is 3.86. The first-order valence-corrected chi connectivity index (χ1v) is 8.18. The highest BCUT2D eigenvalue weighted by atomic mass is 35.5. The van der Waals surface area contributed by atoms with E-state index in [0.29, 0.717) is 11.2 Å². The van der Waals surface area contributed by atoms with Crippen molar-refractivity contribution >= 4 is 17.5 Å². The summed E-state index contributed by atoms with van der Waals surface area (Å²) in [4.78, 5) is 16.2. The van der Waals surface area contributed by atoms with Crippen LogP contribution in [0.25, 0.3) is 5.82 Å². The summed E-state index contributed by atoms with van der Waals surface area (Å²) in [5, 5.41) is 9.33. The lowest BCUT2D eigenvalue weighted by Crippen LogP contribution is -2.31. The molecule has 0 fully saturated rings. The van der Waals surface area contributed by atoms with E-state index in [9.17, 15) is 18.0 Å². The molecule has 0 aromatic carbocycles. The van der Waals surface area contributed by atoms with E-state index in [2.05, 4.69) is 20.7 Å². The van der Waals surface area contributed by atoms with Crippen molar-refractivity contribution in [1.29, 1.82) is 0 Å². The predicted octanol–water partition coefficient (Wildman–Crippen LogP) is 2.59. The Hall–Kier alpha value is -2.39. The van der Waals surface area contributed by atoms with Gasteiger partial charge >= 0.3 is 6.18 Å². The molecule has 26 heavy (non-hydrogen) atoms. The molecule has 0 saturated carbocycles. The van der Waals surface area contributed by atoms with Gasteiger partial charge in [-0.1, -0.05) is 23.3 Å². The molecule has 3 rings (SSSR count). The fourth-order valence-corrected chi connectivity index (χ4v) is 2.80. The second-order valence-corrected chi connectivity index (χ2v) is 6.03. The van der Waals surface area contributed by atoms with Crippen molar-refractivity contribution in [1.82, 2.24) is 25.4 Å². The van der Waals surface area contributed by atoms with Crippen LogP contribution >= 0.6 is 11.6 Å². The fourth-order valence-electron chi connectivity index (χ4n) is 2.60. The second-order valence-electron chi connectivity index (χ2n) is 5.62. The first kappa shape index (κ1) is 18.4. The second kappa shape index (κ2) is 7.46. The van der Waals surface area contributed by atoms with E-state index < -0.39 is 23.3 Å². The van der Waals surface area contributed by atoms with Crippen molar-refractivity contribution in [3.63, 3.8) is 0 Å². The van der Waals surface area contributed by atoms with Gasteiger partial charge < -0.3 is 10.6 Å². The molecule has 2 aromatic rings. The molecule has 1 amide bonds. The van der Waals surface area contributed by atoms with E-state index in [0.717, 1.165) is 24.7 Å². The van der Waals surface area contributed by atoms with Gasteiger partial charge in [-0.15, -0.1) is 0 Å². The van der Waals surface area contributed by atoms with Crippen LogP contribution in [0.1, 0.15) is 22.5 Å². The van der Waals surface area contributed by atoms with Gasteiger partial charge in [-0.2, -0.15) is 18.3 Å². The molecule has 1 aliphatic heterocycles. The molecular formula is C16H15ClF3N5O. The summed E-state index contributed by atoms with van der Waals surface area (Å²) in [5.41, 5.74) is -0.825. The molecule has 0 radical (unpaired) electrons. The molecular weight excluding hydrogens is 371 g/mol. The monoisotopic (exact) mass is 385 g/mol. The Kier molecular flexibility index (Phi) is 5.28. The topological polar surface area (TPSA) is 71.8 Å². The smallest absolute Gasteiger partial charge is 0.348 e. The maximum Gasteiger partial charge on any atom is 0.434 e. The van der Waals surface area contributed by atoms with Crippen LogP contribution in [0.3, 0.4) is 0 Å². The van der Waals surface area contributed by atoms with Gasteiger partial charge in [0.2, 0.25) is 0 Å². The van der Waals surface area contributed by atoms with Crippen LogP contribution in [0.2, 0.25) is 5.02 Å². The number of nitrogens with one attached hydrogen (secondary N) is 2. The highest BCUT2D eigenvalue weighted by molar-refractivity contribution is 6.32. The van der Waals surface area contributed by atoms with E-state index in [1.807, 2.05) is 6.08 Å². The number of pyridine rings is 1. The lowest BCUT2D eigenvalue weighted by atomic mass is 10.1. The van der Waals surface area contributed by atoms with Crippen LogP contribution in [0.4, 0.5) is 13.2 Å². The third kappa shape index (κ3) is 3.88. The maximum absolute atomic E-state index is 13.6. The van der Waals surface area contributed by atoms with Gasteiger partial charge in [-0.05, 0) is 25.1 Å². The van der Waals surface area contributed by atoms with Crippen molar-refractivity contribution in [2.75, 3.05) is 19.6 Å². The third-order valence-corrected chi connectivity index (χ3v) is 4.15. The Labute approximate surface area is 152 Å². The summed E-state index contributed by atoms with van der Waals surface area (Å²) in [6.07, 6.45) is 0.00511. The van der Waals surface area contributed by atoms with E-state index >= 15 is 0 Å². The Morgan fingerprint density at radius 2 is 2.23 bits per heavy atom. The number of hydrogen-bond donors (Lipinski definition) is 2. The SMILES string of the molecule is O=C(NCC1=CCNCC1)c1cnn(-c2ncccc2Cl)c1C(F)(F)F. The summed E-state index contributed by atoms with van der Waals surface area (Å²) in [6, 6.07) is 2.89. The largest absolute Gasteiger partial charge is 0.434 e. The molecule has 0 unspecified atom stereocenters. The van der Waals surface area contributed by atoms with Gasteiger partial charge in [0.1, 0.15) is 0 Å². The molecule has 6 nitrogen and oxygen atoms in total. The zero-order valence-corrected chi connectivity index (χ0v) is 14.2. The van der Waals surface area contributed by atoms with E-state index in [-0.39, 0.29) is 17.4 Å². The normalized spacial score (nSPS) is 14.8. The Morgan fingerprint density at radius 1 is 1.42 bits per heavy atom. The fraction of sp³-hybridized carbons (Fsp3) is 0.312. The van der Waals surface area contributed by atoms with Gasteiger partial charge in [0.05, 0.1) is 16.8 Å². The molecule has 0 atom stereocenters. The minimum absolute atomic E-state index is 0.00656. The Balaban J connectivity index is 1.91. The lowest BCUT2D eigenvalue weighted by molar-refractivity contribution is -0.143. The number of halogens is 4. The molecule has 1 aliphatic rings. The molecule has 138 valence electrons. The Morgan fingerprint density at radius 3 is 2.88 bits per heavy atom. The summed E-state index contributed by atoms with van der Waals surface area (Å²) in [5.74, 6) is -1.04.